The maximum atomic E-state index is 14.2. The third-order valence-corrected chi connectivity index (χ3v) is 5.59. The van der Waals surface area contributed by atoms with Gasteiger partial charge in [-0.3, -0.25) is 9.59 Å². The van der Waals surface area contributed by atoms with Gasteiger partial charge in [-0.05, 0) is 23.8 Å². The lowest BCUT2D eigenvalue weighted by atomic mass is 9.71. The van der Waals surface area contributed by atoms with E-state index >= 15 is 0 Å². The van der Waals surface area contributed by atoms with Crippen LogP contribution in [-0.2, 0) is 9.53 Å². The van der Waals surface area contributed by atoms with Crippen LogP contribution >= 0.6 is 0 Å². The number of hydrogen-bond acceptors (Lipinski definition) is 4. The van der Waals surface area contributed by atoms with Gasteiger partial charge in [-0.15, -0.1) is 0 Å². The zero-order valence-electron chi connectivity index (χ0n) is 15.4. The van der Waals surface area contributed by atoms with Gasteiger partial charge in [0, 0.05) is 25.3 Å². The molecule has 28 heavy (non-hydrogen) atoms. The van der Waals surface area contributed by atoms with Gasteiger partial charge in [0.25, 0.3) is 11.8 Å². The number of rotatable bonds is 4. The molecule has 0 radical (unpaired) electrons. The van der Waals surface area contributed by atoms with Crippen molar-refractivity contribution in [2.24, 2.45) is 0 Å². The molecule has 1 saturated heterocycles. The topological polar surface area (TPSA) is 70.1 Å². The number of fused-ring (bicyclic) bond motifs is 3. The molecule has 3 atom stereocenters. The van der Waals surface area contributed by atoms with Gasteiger partial charge in [-0.2, -0.15) is 0 Å². The standard InChI is InChI=1S/C21H21FN2O4/c1-28-12-19(26)23-10-17-20(14-7-3-5-9-16(14)23)18(11-25)24(17)21(27)13-6-2-4-8-15(13)22/h2-9,17-18,20,25H,10-12H2,1H3/t17-,18-,20+/m1/s1. The smallest absolute Gasteiger partial charge is 0.257 e. The highest BCUT2D eigenvalue weighted by atomic mass is 19.1. The van der Waals surface area contributed by atoms with Gasteiger partial charge in [0.15, 0.2) is 0 Å². The fourth-order valence-electron chi connectivity index (χ4n) is 4.38. The van der Waals surface area contributed by atoms with Crippen molar-refractivity contribution in [2.75, 3.05) is 31.8 Å². The monoisotopic (exact) mass is 384 g/mol. The number of likely N-dealkylation sites (tertiary alicyclic amines) is 1. The van der Waals surface area contributed by atoms with Crippen LogP contribution in [0.15, 0.2) is 48.5 Å². The number of anilines is 1. The Morgan fingerprint density at radius 2 is 1.89 bits per heavy atom. The molecule has 0 spiro atoms. The van der Waals surface area contributed by atoms with E-state index in [-0.39, 0.29) is 43.2 Å². The normalized spacial score (nSPS) is 22.9. The van der Waals surface area contributed by atoms with E-state index in [0.717, 1.165) is 11.3 Å². The lowest BCUT2D eigenvalue weighted by Gasteiger charge is -2.58. The third-order valence-electron chi connectivity index (χ3n) is 5.59. The zero-order chi connectivity index (χ0) is 19.8. The number of carbonyl (C=O) groups excluding carboxylic acids is 2. The van der Waals surface area contributed by atoms with Gasteiger partial charge in [0.2, 0.25) is 0 Å². The van der Waals surface area contributed by atoms with Crippen molar-refractivity contribution in [1.82, 2.24) is 4.90 Å². The Morgan fingerprint density at radius 1 is 1.18 bits per heavy atom. The highest BCUT2D eigenvalue weighted by Crippen LogP contribution is 2.48. The molecule has 0 saturated carbocycles. The molecule has 2 aromatic rings. The lowest BCUT2D eigenvalue weighted by Crippen LogP contribution is -2.71. The molecule has 1 N–H and O–H groups in total. The number of ether oxygens (including phenoxy) is 1. The van der Waals surface area contributed by atoms with Crippen LogP contribution in [0.25, 0.3) is 0 Å². The summed E-state index contributed by atoms with van der Waals surface area (Å²) in [6, 6.07) is 12.5. The summed E-state index contributed by atoms with van der Waals surface area (Å²) in [6.45, 7) is -0.0291. The molecular formula is C21H21FN2O4. The number of hydrogen-bond donors (Lipinski definition) is 1. The molecule has 1 fully saturated rings. The summed E-state index contributed by atoms with van der Waals surface area (Å²) in [5.41, 5.74) is 1.63. The van der Waals surface area contributed by atoms with E-state index in [1.54, 1.807) is 11.0 Å². The van der Waals surface area contributed by atoms with Crippen molar-refractivity contribution in [1.29, 1.82) is 0 Å². The van der Waals surface area contributed by atoms with Gasteiger partial charge >= 0.3 is 0 Å². The van der Waals surface area contributed by atoms with Crippen molar-refractivity contribution in [2.45, 2.75) is 18.0 Å². The second-order valence-corrected chi connectivity index (χ2v) is 7.03. The largest absolute Gasteiger partial charge is 0.394 e. The fraction of sp³-hybridized carbons (Fsp3) is 0.333. The maximum absolute atomic E-state index is 14.2. The van der Waals surface area contributed by atoms with Crippen molar-refractivity contribution >= 4 is 17.5 Å². The minimum atomic E-state index is -0.601. The second kappa shape index (κ2) is 7.33. The maximum Gasteiger partial charge on any atom is 0.257 e. The molecule has 0 bridgehead atoms. The van der Waals surface area contributed by atoms with E-state index in [1.165, 1.54) is 30.2 Å². The van der Waals surface area contributed by atoms with Crippen LogP contribution in [0.1, 0.15) is 21.8 Å². The first-order valence-electron chi connectivity index (χ1n) is 9.14. The molecule has 7 heteroatoms. The van der Waals surface area contributed by atoms with E-state index < -0.39 is 17.8 Å². The van der Waals surface area contributed by atoms with Crippen LogP contribution in [0.2, 0.25) is 0 Å². The first-order valence-corrected chi connectivity index (χ1v) is 9.14. The Hall–Kier alpha value is -2.77. The Kier molecular flexibility index (Phi) is 4.87. The van der Waals surface area contributed by atoms with Crippen LogP contribution in [-0.4, -0.2) is 60.8 Å². The van der Waals surface area contributed by atoms with Crippen LogP contribution in [0.4, 0.5) is 10.1 Å². The molecule has 2 heterocycles. The molecule has 6 nitrogen and oxygen atoms in total. The van der Waals surface area contributed by atoms with E-state index in [0.29, 0.717) is 0 Å². The zero-order valence-corrected chi connectivity index (χ0v) is 15.4. The molecule has 2 aromatic carbocycles. The quantitative estimate of drug-likeness (QED) is 0.873. The number of aliphatic hydroxyl groups is 1. The molecule has 0 unspecified atom stereocenters. The van der Waals surface area contributed by atoms with Gasteiger partial charge < -0.3 is 19.6 Å². The molecule has 0 aliphatic carbocycles. The fourth-order valence-corrected chi connectivity index (χ4v) is 4.38. The Labute approximate surface area is 162 Å². The number of halogens is 1. The first-order chi connectivity index (χ1) is 13.6. The highest BCUT2D eigenvalue weighted by molar-refractivity contribution is 5.98. The summed E-state index contributed by atoms with van der Waals surface area (Å²) >= 11 is 0. The molecule has 4 rings (SSSR count). The predicted octanol–water partition coefficient (Wildman–Crippen LogP) is 1.79. The van der Waals surface area contributed by atoms with Crippen molar-refractivity contribution < 1.29 is 23.8 Å². The Bertz CT molecular complexity index is 919. The van der Waals surface area contributed by atoms with Crippen LogP contribution in [0, 0.1) is 5.82 Å². The van der Waals surface area contributed by atoms with E-state index in [4.69, 9.17) is 4.74 Å². The van der Waals surface area contributed by atoms with E-state index in [9.17, 15) is 19.1 Å². The number of amides is 2. The van der Waals surface area contributed by atoms with Crippen LogP contribution < -0.4 is 4.90 Å². The van der Waals surface area contributed by atoms with Crippen molar-refractivity contribution in [3.05, 3.63) is 65.5 Å². The average Bonchev–Trinajstić information content (AvgIpc) is 2.68. The number of carbonyl (C=O) groups is 2. The minimum absolute atomic E-state index is 0.0342. The summed E-state index contributed by atoms with van der Waals surface area (Å²) in [6.07, 6.45) is 0. The van der Waals surface area contributed by atoms with Gasteiger partial charge in [0.1, 0.15) is 12.4 Å². The number of benzene rings is 2. The molecule has 146 valence electrons. The minimum Gasteiger partial charge on any atom is -0.394 e. The van der Waals surface area contributed by atoms with Crippen LogP contribution in [0.3, 0.4) is 0 Å². The van der Waals surface area contributed by atoms with Crippen molar-refractivity contribution in [3.63, 3.8) is 0 Å². The lowest BCUT2D eigenvalue weighted by molar-refractivity contribution is -0.123. The summed E-state index contributed by atoms with van der Waals surface area (Å²) in [4.78, 5) is 28.7. The molecular weight excluding hydrogens is 363 g/mol. The van der Waals surface area contributed by atoms with E-state index in [1.807, 2.05) is 24.3 Å². The highest BCUT2D eigenvalue weighted by Gasteiger charge is 2.55. The number of para-hydroxylation sites is 1. The van der Waals surface area contributed by atoms with Gasteiger partial charge in [-0.25, -0.2) is 4.39 Å². The molecule has 2 aliphatic heterocycles. The van der Waals surface area contributed by atoms with Crippen molar-refractivity contribution in [3.8, 4) is 0 Å². The number of methoxy groups -OCH3 is 1. The summed E-state index contributed by atoms with van der Waals surface area (Å²) in [7, 11) is 1.45. The van der Waals surface area contributed by atoms with Gasteiger partial charge in [-0.1, -0.05) is 30.3 Å². The summed E-state index contributed by atoms with van der Waals surface area (Å²) in [5, 5.41) is 9.96. The Morgan fingerprint density at radius 3 is 2.61 bits per heavy atom. The molecule has 0 aromatic heterocycles. The Balaban J connectivity index is 1.72. The number of aliphatic hydroxyl groups excluding tert-OH is 1. The predicted molar refractivity (Wildman–Crippen MR) is 101 cm³/mol. The third kappa shape index (κ3) is 2.78. The van der Waals surface area contributed by atoms with Crippen LogP contribution in [0.5, 0.6) is 0 Å². The summed E-state index contributed by atoms with van der Waals surface area (Å²) in [5.74, 6) is -1.39. The van der Waals surface area contributed by atoms with E-state index in [2.05, 4.69) is 0 Å². The first kappa shape index (κ1) is 18.6. The molecule has 2 aliphatic rings. The molecule has 2 amide bonds. The average molecular weight is 384 g/mol. The number of nitrogens with zero attached hydrogens (tertiary/aromatic N) is 2. The SMILES string of the molecule is COCC(=O)N1C[C@@H]2[C@H](c3ccccc31)[C@@H](CO)N2C(=O)c1ccccc1F. The van der Waals surface area contributed by atoms with Gasteiger partial charge in [0.05, 0.1) is 24.3 Å². The second-order valence-electron chi connectivity index (χ2n) is 7.03. The summed E-state index contributed by atoms with van der Waals surface area (Å²) < 4.78 is 19.2.